The molecule has 0 aromatic heterocycles. The molecule has 1 aromatic rings. The molecule has 0 saturated carbocycles. The van der Waals surface area contributed by atoms with Gasteiger partial charge in [-0.05, 0) is 51.5 Å². The lowest BCUT2D eigenvalue weighted by molar-refractivity contribution is -0.122. The Kier molecular flexibility index (Phi) is 6.66. The first-order valence-corrected chi connectivity index (χ1v) is 11.5. The summed E-state index contributed by atoms with van der Waals surface area (Å²) in [4.78, 5) is 14.5. The number of likely N-dealkylation sites (tertiary alicyclic amines) is 1. The summed E-state index contributed by atoms with van der Waals surface area (Å²) < 4.78 is 36.9. The summed E-state index contributed by atoms with van der Waals surface area (Å²) in [7, 11) is -1.40. The van der Waals surface area contributed by atoms with Gasteiger partial charge in [-0.15, -0.1) is 0 Å². The second kappa shape index (κ2) is 9.00. The number of anilines is 1. The third-order valence-corrected chi connectivity index (χ3v) is 6.26. The molecule has 156 valence electrons. The maximum absolute atomic E-state index is 12.3. The van der Waals surface area contributed by atoms with E-state index in [0.29, 0.717) is 43.2 Å². The lowest BCUT2D eigenvalue weighted by Gasteiger charge is -2.29. The average Bonchev–Trinajstić information content (AvgIpc) is 2.66. The van der Waals surface area contributed by atoms with Gasteiger partial charge in [-0.2, -0.15) is 0 Å². The van der Waals surface area contributed by atoms with Crippen molar-refractivity contribution in [3.63, 3.8) is 0 Å². The lowest BCUT2D eigenvalue weighted by atomic mass is 10.1. The van der Waals surface area contributed by atoms with Crippen LogP contribution in [0.1, 0.15) is 25.7 Å². The van der Waals surface area contributed by atoms with Crippen LogP contribution < -0.4 is 19.1 Å². The van der Waals surface area contributed by atoms with Gasteiger partial charge >= 0.3 is 0 Å². The minimum Gasteiger partial charge on any atom is -0.486 e. The van der Waals surface area contributed by atoms with Crippen LogP contribution in [0.4, 0.5) is 5.69 Å². The molecule has 2 aliphatic rings. The standard InChI is InChI=1S/C19H29N3O5S/c1-21-10-7-15(8-11-21)20-19(23)4-3-9-22(28(2,24)25)16-5-6-17-18(14-16)27-13-12-26-17/h5-6,14-15H,3-4,7-13H2,1-2H3,(H,20,23). The number of piperidine rings is 1. The molecule has 0 aliphatic carbocycles. The molecule has 28 heavy (non-hydrogen) atoms. The summed E-state index contributed by atoms with van der Waals surface area (Å²) in [6.45, 7) is 3.12. The summed E-state index contributed by atoms with van der Waals surface area (Å²) in [6.07, 6.45) is 3.81. The molecule has 9 heteroatoms. The van der Waals surface area contributed by atoms with Crippen LogP contribution in [0.15, 0.2) is 18.2 Å². The van der Waals surface area contributed by atoms with Gasteiger partial charge in [-0.25, -0.2) is 8.42 Å². The van der Waals surface area contributed by atoms with Crippen molar-refractivity contribution in [2.75, 3.05) is 50.5 Å². The summed E-state index contributed by atoms with van der Waals surface area (Å²) in [5.41, 5.74) is 0.516. The predicted octanol–water partition coefficient (Wildman–Crippen LogP) is 1.21. The van der Waals surface area contributed by atoms with E-state index in [2.05, 4.69) is 17.3 Å². The topological polar surface area (TPSA) is 88.2 Å². The van der Waals surface area contributed by atoms with Gasteiger partial charge in [-0.3, -0.25) is 9.10 Å². The van der Waals surface area contributed by atoms with Crippen molar-refractivity contribution in [1.29, 1.82) is 0 Å². The molecule has 1 aromatic carbocycles. The lowest BCUT2D eigenvalue weighted by Crippen LogP contribution is -2.43. The third-order valence-electron chi connectivity index (χ3n) is 5.06. The molecule has 0 unspecified atom stereocenters. The van der Waals surface area contributed by atoms with Crippen molar-refractivity contribution >= 4 is 21.6 Å². The molecule has 0 spiro atoms. The highest BCUT2D eigenvalue weighted by Gasteiger charge is 2.22. The Morgan fingerprint density at radius 3 is 2.57 bits per heavy atom. The Hall–Kier alpha value is -2.00. The molecule has 3 rings (SSSR count). The maximum Gasteiger partial charge on any atom is 0.232 e. The van der Waals surface area contributed by atoms with Crippen LogP contribution in [0.2, 0.25) is 0 Å². The molecule has 2 heterocycles. The Bertz CT molecular complexity index is 791. The number of carbonyl (C=O) groups excluding carboxylic acids is 1. The van der Waals surface area contributed by atoms with E-state index in [9.17, 15) is 13.2 Å². The first kappa shape index (κ1) is 20.7. The van der Waals surface area contributed by atoms with Crippen molar-refractivity contribution in [1.82, 2.24) is 10.2 Å². The number of nitrogens with zero attached hydrogens (tertiary/aromatic N) is 2. The van der Waals surface area contributed by atoms with Crippen LogP contribution in [0, 0.1) is 0 Å². The van der Waals surface area contributed by atoms with Crippen LogP contribution in [0.5, 0.6) is 11.5 Å². The smallest absolute Gasteiger partial charge is 0.232 e. The quantitative estimate of drug-likeness (QED) is 0.726. The molecule has 2 aliphatic heterocycles. The number of amides is 1. The molecule has 1 saturated heterocycles. The number of rotatable bonds is 7. The zero-order valence-electron chi connectivity index (χ0n) is 16.5. The Morgan fingerprint density at radius 1 is 1.21 bits per heavy atom. The highest BCUT2D eigenvalue weighted by molar-refractivity contribution is 7.92. The minimum absolute atomic E-state index is 0.0230. The fourth-order valence-electron chi connectivity index (χ4n) is 3.51. The zero-order chi connectivity index (χ0) is 20.1. The Balaban J connectivity index is 1.56. The Morgan fingerprint density at radius 2 is 1.89 bits per heavy atom. The minimum atomic E-state index is -3.48. The molecule has 0 atom stereocenters. The van der Waals surface area contributed by atoms with Crippen molar-refractivity contribution in [2.24, 2.45) is 0 Å². The van der Waals surface area contributed by atoms with E-state index in [1.165, 1.54) is 10.6 Å². The zero-order valence-corrected chi connectivity index (χ0v) is 17.3. The molecule has 1 N–H and O–H groups in total. The van der Waals surface area contributed by atoms with E-state index in [1.807, 2.05) is 0 Å². The molecule has 0 radical (unpaired) electrons. The first-order chi connectivity index (χ1) is 13.3. The first-order valence-electron chi connectivity index (χ1n) is 9.68. The van der Waals surface area contributed by atoms with Gasteiger partial charge in [0.15, 0.2) is 11.5 Å². The van der Waals surface area contributed by atoms with E-state index in [1.54, 1.807) is 18.2 Å². The van der Waals surface area contributed by atoms with Crippen LogP contribution in [0.25, 0.3) is 0 Å². The van der Waals surface area contributed by atoms with E-state index in [0.717, 1.165) is 25.9 Å². The third kappa shape index (κ3) is 5.51. The number of carbonyl (C=O) groups is 1. The van der Waals surface area contributed by atoms with Crippen molar-refractivity contribution in [3.05, 3.63) is 18.2 Å². The van der Waals surface area contributed by atoms with Crippen molar-refractivity contribution in [2.45, 2.75) is 31.7 Å². The van der Waals surface area contributed by atoms with Gasteiger partial charge in [0, 0.05) is 25.1 Å². The van der Waals surface area contributed by atoms with Gasteiger partial charge in [0.2, 0.25) is 15.9 Å². The number of hydrogen-bond acceptors (Lipinski definition) is 6. The molecule has 0 bridgehead atoms. The summed E-state index contributed by atoms with van der Waals surface area (Å²) in [6, 6.07) is 5.31. The number of sulfonamides is 1. The number of ether oxygens (including phenoxy) is 2. The highest BCUT2D eigenvalue weighted by Crippen LogP contribution is 2.34. The SMILES string of the molecule is CN1CCC(NC(=O)CCCN(c2ccc3c(c2)OCCO3)S(C)(=O)=O)CC1. The predicted molar refractivity (Wildman–Crippen MR) is 108 cm³/mol. The van der Waals surface area contributed by atoms with Crippen molar-refractivity contribution in [3.8, 4) is 11.5 Å². The number of nitrogens with one attached hydrogen (secondary N) is 1. The van der Waals surface area contributed by atoms with Crippen LogP contribution in [-0.2, 0) is 14.8 Å². The number of benzene rings is 1. The van der Waals surface area contributed by atoms with Crippen molar-refractivity contribution < 1.29 is 22.7 Å². The van der Waals surface area contributed by atoms with Crippen LogP contribution in [0.3, 0.4) is 0 Å². The van der Waals surface area contributed by atoms with Crippen LogP contribution >= 0.6 is 0 Å². The fraction of sp³-hybridized carbons (Fsp3) is 0.632. The molecule has 1 amide bonds. The summed E-state index contributed by atoms with van der Waals surface area (Å²) in [5, 5.41) is 3.06. The summed E-state index contributed by atoms with van der Waals surface area (Å²) >= 11 is 0. The second-order valence-corrected chi connectivity index (χ2v) is 9.32. The van der Waals surface area contributed by atoms with Gasteiger partial charge in [0.05, 0.1) is 11.9 Å². The molecule has 8 nitrogen and oxygen atoms in total. The average molecular weight is 412 g/mol. The molecular formula is C19H29N3O5S. The van der Waals surface area contributed by atoms with Gasteiger partial charge < -0.3 is 19.7 Å². The van der Waals surface area contributed by atoms with E-state index >= 15 is 0 Å². The number of hydrogen-bond donors (Lipinski definition) is 1. The normalized spacial score (nSPS) is 17.9. The fourth-order valence-corrected chi connectivity index (χ4v) is 4.47. The highest BCUT2D eigenvalue weighted by atomic mass is 32.2. The van der Waals surface area contributed by atoms with E-state index < -0.39 is 10.0 Å². The van der Waals surface area contributed by atoms with Gasteiger partial charge in [0.25, 0.3) is 0 Å². The van der Waals surface area contributed by atoms with Crippen LogP contribution in [-0.4, -0.2) is 71.4 Å². The van der Waals surface area contributed by atoms with E-state index in [4.69, 9.17) is 9.47 Å². The van der Waals surface area contributed by atoms with Gasteiger partial charge in [-0.1, -0.05) is 0 Å². The largest absolute Gasteiger partial charge is 0.486 e. The molecular weight excluding hydrogens is 382 g/mol. The summed E-state index contributed by atoms with van der Waals surface area (Å²) in [5.74, 6) is 1.13. The maximum atomic E-state index is 12.3. The molecule has 1 fully saturated rings. The second-order valence-electron chi connectivity index (χ2n) is 7.41. The monoisotopic (exact) mass is 411 g/mol. The number of fused-ring (bicyclic) bond motifs is 1. The Labute approximate surface area is 166 Å². The van der Waals surface area contributed by atoms with E-state index in [-0.39, 0.29) is 18.5 Å². The van der Waals surface area contributed by atoms with Gasteiger partial charge in [0.1, 0.15) is 13.2 Å².